The average molecular weight is 277 g/mol. The molecule has 4 nitrogen and oxygen atoms in total. The molecule has 0 aliphatic carbocycles. The molecule has 0 radical (unpaired) electrons. The molecule has 2 aromatic rings. The van der Waals surface area contributed by atoms with Gasteiger partial charge in [-0.05, 0) is 35.2 Å². The van der Waals surface area contributed by atoms with E-state index in [0.29, 0.717) is 6.42 Å². The van der Waals surface area contributed by atoms with Crippen molar-refractivity contribution in [3.63, 3.8) is 0 Å². The van der Waals surface area contributed by atoms with Gasteiger partial charge in [0, 0.05) is 0 Å². The Labute approximate surface area is 112 Å². The van der Waals surface area contributed by atoms with E-state index in [2.05, 4.69) is 0 Å². The Bertz CT molecular complexity index is 663. The van der Waals surface area contributed by atoms with Crippen molar-refractivity contribution in [1.82, 2.24) is 0 Å². The molecule has 100 valence electrons. The van der Waals surface area contributed by atoms with Crippen molar-refractivity contribution in [2.24, 2.45) is 5.14 Å². The third-order valence-corrected chi connectivity index (χ3v) is 3.75. The van der Waals surface area contributed by atoms with Gasteiger partial charge in [0.1, 0.15) is 0 Å². The van der Waals surface area contributed by atoms with Crippen molar-refractivity contribution in [2.75, 3.05) is 0 Å². The lowest BCUT2D eigenvalue weighted by Gasteiger charge is -2.05. The highest BCUT2D eigenvalue weighted by Gasteiger charge is 2.08. The van der Waals surface area contributed by atoms with Crippen LogP contribution in [-0.4, -0.2) is 13.5 Å². The van der Waals surface area contributed by atoms with Crippen LogP contribution < -0.4 is 5.14 Å². The highest BCUT2D eigenvalue weighted by atomic mass is 32.2. The van der Waals surface area contributed by atoms with E-state index in [1.165, 1.54) is 6.07 Å². The lowest BCUT2D eigenvalue weighted by Crippen LogP contribution is -2.12. The summed E-state index contributed by atoms with van der Waals surface area (Å²) in [6, 6.07) is 14.1. The van der Waals surface area contributed by atoms with Crippen LogP contribution in [0.15, 0.2) is 53.4 Å². The molecule has 19 heavy (non-hydrogen) atoms. The highest BCUT2D eigenvalue weighted by Crippen LogP contribution is 2.14. The van der Waals surface area contributed by atoms with E-state index in [-0.39, 0.29) is 11.5 Å². The second kappa shape index (κ2) is 5.52. The zero-order valence-electron chi connectivity index (χ0n) is 10.3. The summed E-state index contributed by atoms with van der Waals surface area (Å²) in [5.41, 5.74) is 2.77. The third-order valence-electron chi connectivity index (χ3n) is 2.84. The van der Waals surface area contributed by atoms with Gasteiger partial charge in [-0.3, -0.25) is 0 Å². The van der Waals surface area contributed by atoms with Crippen molar-refractivity contribution < 1.29 is 13.5 Å². The van der Waals surface area contributed by atoms with Crippen molar-refractivity contribution in [1.29, 1.82) is 0 Å². The summed E-state index contributed by atoms with van der Waals surface area (Å²) in [6.07, 6.45) is 0.620. The van der Waals surface area contributed by atoms with Crippen molar-refractivity contribution >= 4 is 10.0 Å². The molecule has 5 heteroatoms. The fraction of sp³-hybridized carbons (Fsp3) is 0.143. The topological polar surface area (TPSA) is 80.4 Å². The zero-order valence-corrected chi connectivity index (χ0v) is 11.1. The molecule has 0 fully saturated rings. The molecule has 0 spiro atoms. The molecule has 0 atom stereocenters. The van der Waals surface area contributed by atoms with Gasteiger partial charge in [-0.25, -0.2) is 13.6 Å². The minimum atomic E-state index is -3.66. The Balaban J connectivity index is 2.23. The molecule has 0 aromatic heterocycles. The molecular formula is C14H15NO3S. The molecule has 0 heterocycles. The molecular weight excluding hydrogens is 262 g/mol. The van der Waals surface area contributed by atoms with Crippen molar-refractivity contribution in [3.05, 3.63) is 65.2 Å². The Kier molecular flexibility index (Phi) is 3.99. The summed E-state index contributed by atoms with van der Waals surface area (Å²) in [7, 11) is -3.66. The first-order chi connectivity index (χ1) is 8.99. The number of rotatable bonds is 4. The quantitative estimate of drug-likeness (QED) is 0.887. The van der Waals surface area contributed by atoms with Crippen LogP contribution in [0.25, 0.3) is 0 Å². The maximum Gasteiger partial charge on any atom is 0.238 e. The maximum absolute atomic E-state index is 11.3. The minimum Gasteiger partial charge on any atom is -0.392 e. The summed E-state index contributed by atoms with van der Waals surface area (Å²) < 4.78 is 22.5. The van der Waals surface area contributed by atoms with Crippen LogP contribution in [0.5, 0.6) is 0 Å². The normalized spacial score (nSPS) is 11.5. The van der Waals surface area contributed by atoms with E-state index >= 15 is 0 Å². The summed E-state index contributed by atoms with van der Waals surface area (Å²) in [4.78, 5) is 0.122. The van der Waals surface area contributed by atoms with Crippen LogP contribution in [0, 0.1) is 0 Å². The lowest BCUT2D eigenvalue weighted by atomic mass is 10.0. The predicted octanol–water partition coefficient (Wildman–Crippen LogP) is 1.42. The van der Waals surface area contributed by atoms with E-state index in [1.807, 2.05) is 30.3 Å². The molecule has 0 aliphatic rings. The molecule has 0 unspecified atom stereocenters. The van der Waals surface area contributed by atoms with Crippen LogP contribution in [0.4, 0.5) is 0 Å². The van der Waals surface area contributed by atoms with Gasteiger partial charge < -0.3 is 5.11 Å². The first kappa shape index (κ1) is 13.7. The second-order valence-electron chi connectivity index (χ2n) is 4.34. The molecule has 2 aromatic carbocycles. The molecule has 3 N–H and O–H groups in total. The second-order valence-corrected chi connectivity index (χ2v) is 5.91. The van der Waals surface area contributed by atoms with E-state index in [0.717, 1.165) is 16.7 Å². The fourth-order valence-electron chi connectivity index (χ4n) is 1.83. The SMILES string of the molecule is NS(=O)(=O)c1cccc(Cc2ccc(CO)cc2)c1. The summed E-state index contributed by atoms with van der Waals surface area (Å²) >= 11 is 0. The van der Waals surface area contributed by atoms with Crippen LogP contribution >= 0.6 is 0 Å². The molecule has 0 bridgehead atoms. The smallest absolute Gasteiger partial charge is 0.238 e. The predicted molar refractivity (Wildman–Crippen MR) is 73.0 cm³/mol. The van der Waals surface area contributed by atoms with Gasteiger partial charge in [0.2, 0.25) is 10.0 Å². The number of hydrogen-bond acceptors (Lipinski definition) is 3. The Morgan fingerprint density at radius 1 is 0.947 bits per heavy atom. The molecule has 2 rings (SSSR count). The van der Waals surface area contributed by atoms with Crippen LogP contribution in [-0.2, 0) is 23.1 Å². The highest BCUT2D eigenvalue weighted by molar-refractivity contribution is 7.89. The number of nitrogens with two attached hydrogens (primary N) is 1. The van der Waals surface area contributed by atoms with Crippen LogP contribution in [0.3, 0.4) is 0 Å². The van der Waals surface area contributed by atoms with Gasteiger partial charge in [-0.2, -0.15) is 0 Å². The number of hydrogen-bond donors (Lipinski definition) is 2. The third kappa shape index (κ3) is 3.64. The largest absolute Gasteiger partial charge is 0.392 e. The number of aliphatic hydroxyl groups is 1. The molecule has 0 saturated heterocycles. The lowest BCUT2D eigenvalue weighted by molar-refractivity contribution is 0.282. The summed E-state index contributed by atoms with van der Waals surface area (Å²) in [5.74, 6) is 0. The zero-order chi connectivity index (χ0) is 13.9. The van der Waals surface area contributed by atoms with E-state index in [1.54, 1.807) is 12.1 Å². The average Bonchev–Trinajstić information content (AvgIpc) is 2.39. The van der Waals surface area contributed by atoms with Crippen molar-refractivity contribution in [2.45, 2.75) is 17.9 Å². The van der Waals surface area contributed by atoms with Crippen LogP contribution in [0.2, 0.25) is 0 Å². The summed E-state index contributed by atoms with van der Waals surface area (Å²) in [6.45, 7) is 0.0151. The first-order valence-corrected chi connectivity index (χ1v) is 7.34. The molecule has 0 saturated carbocycles. The van der Waals surface area contributed by atoms with E-state index in [9.17, 15) is 8.42 Å². The van der Waals surface area contributed by atoms with E-state index < -0.39 is 10.0 Å². The number of aliphatic hydroxyl groups excluding tert-OH is 1. The molecule has 0 aliphatic heterocycles. The van der Waals surface area contributed by atoms with Crippen LogP contribution in [0.1, 0.15) is 16.7 Å². The maximum atomic E-state index is 11.3. The fourth-order valence-corrected chi connectivity index (χ4v) is 2.41. The first-order valence-electron chi connectivity index (χ1n) is 5.79. The molecule has 0 amide bonds. The van der Waals surface area contributed by atoms with Gasteiger partial charge in [0.05, 0.1) is 11.5 Å². The van der Waals surface area contributed by atoms with Gasteiger partial charge >= 0.3 is 0 Å². The van der Waals surface area contributed by atoms with Gasteiger partial charge in [-0.1, -0.05) is 36.4 Å². The number of benzene rings is 2. The monoisotopic (exact) mass is 277 g/mol. The Hall–Kier alpha value is -1.69. The van der Waals surface area contributed by atoms with Crippen molar-refractivity contribution in [3.8, 4) is 0 Å². The van der Waals surface area contributed by atoms with Gasteiger partial charge in [-0.15, -0.1) is 0 Å². The minimum absolute atomic E-state index is 0.0151. The number of sulfonamides is 1. The van der Waals surface area contributed by atoms with E-state index in [4.69, 9.17) is 10.2 Å². The number of primary sulfonamides is 1. The summed E-state index contributed by atoms with van der Waals surface area (Å²) in [5, 5.41) is 14.1. The Morgan fingerprint density at radius 2 is 1.58 bits per heavy atom. The standard InChI is InChI=1S/C14H15NO3S/c15-19(17,18)14-3-1-2-13(9-14)8-11-4-6-12(10-16)7-5-11/h1-7,9,16H,8,10H2,(H2,15,17,18). The Morgan fingerprint density at radius 3 is 2.16 bits per heavy atom. The van der Waals surface area contributed by atoms with Gasteiger partial charge in [0.15, 0.2) is 0 Å². The van der Waals surface area contributed by atoms with Gasteiger partial charge in [0.25, 0.3) is 0 Å².